The first-order valence-electron chi connectivity index (χ1n) is 29.1. The van der Waals surface area contributed by atoms with Crippen LogP contribution in [0.1, 0.15) is 28.7 Å². The van der Waals surface area contributed by atoms with Gasteiger partial charge in [-0.2, -0.15) is 0 Å². The Balaban J connectivity index is 1.24. The molecule has 496 valence electrons. The van der Waals surface area contributed by atoms with Crippen LogP contribution in [0.2, 0.25) is 0 Å². The number of alkyl halides is 1. The number of carbonyl (C=O) groups is 2. The Labute approximate surface area is 528 Å². The predicted octanol–water partition coefficient (Wildman–Crippen LogP) is 5.33. The maximum absolute atomic E-state index is 16.5. The van der Waals surface area contributed by atoms with Gasteiger partial charge in [0.2, 0.25) is 0 Å². The minimum Gasteiger partial charge on any atom is -0.497 e. The molecule has 1 saturated carbocycles. The number of rotatable bonds is 31. The normalized spacial score (nSPS) is 30.4. The van der Waals surface area contributed by atoms with Crippen molar-refractivity contribution in [1.82, 2.24) is 10.6 Å². The van der Waals surface area contributed by atoms with Crippen LogP contribution >= 0.6 is 0 Å². The lowest BCUT2D eigenvalue weighted by Crippen LogP contribution is -2.75. The molecule has 8 rings (SSSR count). The average Bonchev–Trinajstić information content (AvgIpc) is 1.60. The van der Waals surface area contributed by atoms with Gasteiger partial charge in [-0.15, -0.1) is 0 Å². The van der Waals surface area contributed by atoms with Crippen molar-refractivity contribution >= 4 is 12.0 Å². The van der Waals surface area contributed by atoms with Crippen LogP contribution in [0.4, 0.5) is 9.18 Å². The summed E-state index contributed by atoms with van der Waals surface area (Å²) in [6.45, 7) is -3.98. The van der Waals surface area contributed by atoms with Gasteiger partial charge in [0, 0.05) is 24.6 Å². The molecule has 3 saturated heterocycles. The molecule has 93 heavy (non-hydrogen) atoms. The van der Waals surface area contributed by atoms with Crippen molar-refractivity contribution in [2.24, 2.45) is 25.6 Å². The number of carbonyl (C=O) groups excluding carboxylic acids is 2. The van der Waals surface area contributed by atoms with Crippen LogP contribution in [0.25, 0.3) is 52.2 Å². The van der Waals surface area contributed by atoms with Gasteiger partial charge in [0.05, 0.1) is 95.7 Å². The summed E-state index contributed by atoms with van der Waals surface area (Å²) in [7, 11) is 1.44. The summed E-state index contributed by atoms with van der Waals surface area (Å²) in [6, 6.07) is 25.3. The average molecular weight is 1300 g/mol. The number of halogens is 1. The Kier molecular flexibility index (Phi) is 26.7. The number of nitrogens with zero attached hydrogens (tertiary/aromatic N) is 15. The summed E-state index contributed by atoms with van der Waals surface area (Å²) < 4.78 is 84.4. The van der Waals surface area contributed by atoms with Gasteiger partial charge < -0.3 is 88.3 Å². The molecular weight excluding hydrogens is 1230 g/mol. The molecule has 36 heteroatoms. The SMILES string of the molecule is COc1ccc(CO[C@H](C(=O)N[C@H]2[C@H](O)[C@@H](O[C@@H]3O[C@H](CO)[C@@H](O[C@H]4O[C@@H](CN=[N+]=[N-])[C@@H](O)[C@H](O)[C@H]4N=[N+]=[N-])[C@H]3O)[C@H](O[C@H]3O[C@H](CN=[N+]=[N-])[C@@H](OCc4ccccc4)C[C@H]3N=[N+]=[N-])[C@@H](NC(=O)OCc3ccccc3)[C@@H]2OCc2ccccc2)[C@H](F)CN=[N+]=[N-])cc1. The molecule has 2 amide bonds. The Hall–Kier alpha value is -8.66. The Morgan fingerprint density at radius 1 is 0.581 bits per heavy atom. The molecule has 4 fully saturated rings. The highest BCUT2D eigenvalue weighted by Gasteiger charge is 2.59. The van der Waals surface area contributed by atoms with Crippen molar-refractivity contribution in [3.63, 3.8) is 0 Å². The highest BCUT2D eigenvalue weighted by Crippen LogP contribution is 2.38. The summed E-state index contributed by atoms with van der Waals surface area (Å²) in [5.74, 6) is -0.821. The second-order valence-electron chi connectivity index (χ2n) is 21.5. The number of alkyl carbamates (subject to hydrolysis) is 1. The van der Waals surface area contributed by atoms with Gasteiger partial charge in [0.1, 0.15) is 73.4 Å². The molecule has 0 spiro atoms. The van der Waals surface area contributed by atoms with E-state index < -0.39 is 173 Å². The maximum Gasteiger partial charge on any atom is 0.407 e. The van der Waals surface area contributed by atoms with E-state index in [1.165, 1.54) is 7.11 Å². The minimum absolute atomic E-state index is 0.00869. The lowest BCUT2D eigenvalue weighted by molar-refractivity contribution is -0.308. The van der Waals surface area contributed by atoms with E-state index >= 15 is 9.18 Å². The predicted molar refractivity (Wildman–Crippen MR) is 316 cm³/mol. The summed E-state index contributed by atoms with van der Waals surface area (Å²) in [4.78, 5) is 43.6. The summed E-state index contributed by atoms with van der Waals surface area (Å²) in [5, 5.41) is 81.7. The first kappa shape index (κ1) is 70.2. The fourth-order valence-corrected chi connectivity index (χ4v) is 10.9. The Morgan fingerprint density at radius 2 is 1.14 bits per heavy atom. The molecule has 35 nitrogen and oxygen atoms in total. The van der Waals surface area contributed by atoms with E-state index in [4.69, 9.17) is 57.6 Å². The quantitative estimate of drug-likeness (QED) is 0.0190. The monoisotopic (exact) mass is 1300 g/mol. The zero-order chi connectivity index (χ0) is 66.2. The second kappa shape index (κ2) is 35.4. The lowest BCUT2D eigenvalue weighted by atomic mass is 9.80. The van der Waals surface area contributed by atoms with Crippen LogP contribution in [-0.2, 0) is 78.6 Å². The number of ether oxygens (including phenoxy) is 11. The standard InChI is InChI=1S/C57H68FN17O18/c1-83-34-19-17-33(18-20-34)28-85-48(35(58)22-64-71-59)53(81)67-41-46(79)52(93-56-47(80)49(40(25-76)90-56)91-55-42(70-75-63)45(78)44(77)39(89-55)24-66-73-61)51(43(50(41)86-27-31-13-7-3-8-14-31)68-57(82)87-29-32-15-9-4-10-16-32)92-54-36(69-74-62)21-37(38(88-54)23-65-72-60)84-26-30-11-5-2-6-12-30/h2-20,35-52,54-56,76-80H,21-29H2,1H3,(H,67,81)(H,68,82)/t35-,36-,37+,38-,39+,40-,41+,42-,43+,44-,45-,46+,47-,48+,49-,50-,51-,52-,54-,55-,56+/m1/s1. The van der Waals surface area contributed by atoms with Crippen LogP contribution in [0.3, 0.4) is 0 Å². The number of methoxy groups -OCH3 is 1. The molecule has 7 N–H and O–H groups in total. The number of hydrogen-bond donors (Lipinski definition) is 7. The molecule has 3 heterocycles. The third-order valence-electron chi connectivity index (χ3n) is 15.5. The molecule has 1 aliphatic carbocycles. The molecular formula is C57H68FN17O18. The minimum atomic E-state index is -2.37. The Morgan fingerprint density at radius 3 is 1.74 bits per heavy atom. The highest BCUT2D eigenvalue weighted by atomic mass is 19.1. The largest absolute Gasteiger partial charge is 0.497 e. The van der Waals surface area contributed by atoms with Crippen molar-refractivity contribution < 1.29 is 91.6 Å². The molecule has 4 aliphatic rings. The van der Waals surface area contributed by atoms with Gasteiger partial charge in [-0.1, -0.05) is 129 Å². The van der Waals surface area contributed by atoms with E-state index in [0.717, 1.165) is 5.56 Å². The van der Waals surface area contributed by atoms with Crippen LogP contribution < -0.4 is 15.4 Å². The van der Waals surface area contributed by atoms with Crippen molar-refractivity contribution in [2.75, 3.05) is 33.4 Å². The second-order valence-corrected chi connectivity index (χ2v) is 21.5. The zero-order valence-electron chi connectivity index (χ0n) is 49.6. The molecule has 0 radical (unpaired) electrons. The number of amides is 2. The number of aliphatic hydroxyl groups excluding tert-OH is 5. The van der Waals surface area contributed by atoms with Crippen molar-refractivity contribution in [2.45, 2.75) is 161 Å². The molecule has 4 aromatic rings. The van der Waals surface area contributed by atoms with Crippen molar-refractivity contribution in [1.29, 1.82) is 0 Å². The van der Waals surface area contributed by atoms with E-state index in [1.807, 2.05) is 0 Å². The molecule has 3 aliphatic heterocycles. The summed E-state index contributed by atoms with van der Waals surface area (Å²) >= 11 is 0. The number of hydrogen-bond acceptors (Lipinski definition) is 23. The molecule has 4 aromatic carbocycles. The maximum atomic E-state index is 16.5. The van der Waals surface area contributed by atoms with E-state index in [0.29, 0.717) is 22.4 Å². The van der Waals surface area contributed by atoms with Crippen LogP contribution in [0.15, 0.2) is 141 Å². The van der Waals surface area contributed by atoms with E-state index in [9.17, 15) is 52.5 Å². The third kappa shape index (κ3) is 18.8. The summed E-state index contributed by atoms with van der Waals surface area (Å²) in [5.41, 5.74) is 49.7. The van der Waals surface area contributed by atoms with Gasteiger partial charge >= 0.3 is 6.09 Å². The van der Waals surface area contributed by atoms with Gasteiger partial charge in [-0.3, -0.25) is 4.79 Å². The van der Waals surface area contributed by atoms with Gasteiger partial charge in [-0.25, -0.2) is 9.18 Å². The number of aliphatic hydroxyl groups is 5. The molecule has 21 atom stereocenters. The topological polar surface area (TPSA) is 505 Å². The molecule has 0 unspecified atom stereocenters. The van der Waals surface area contributed by atoms with Crippen molar-refractivity contribution in [3.05, 3.63) is 190 Å². The van der Waals surface area contributed by atoms with Gasteiger partial charge in [0.25, 0.3) is 5.91 Å². The Bertz CT molecular complexity index is 3280. The number of azide groups is 5. The summed E-state index contributed by atoms with van der Waals surface area (Å²) in [6.07, 6.45) is -32.6. The van der Waals surface area contributed by atoms with E-state index in [-0.39, 0.29) is 26.2 Å². The first-order chi connectivity index (χ1) is 45.2. The first-order valence-corrected chi connectivity index (χ1v) is 29.1. The van der Waals surface area contributed by atoms with Crippen LogP contribution in [-0.4, -0.2) is 199 Å². The number of benzene rings is 4. The van der Waals surface area contributed by atoms with Crippen LogP contribution in [0.5, 0.6) is 5.75 Å². The van der Waals surface area contributed by atoms with Gasteiger partial charge in [-0.05, 0) is 68.5 Å². The highest BCUT2D eigenvalue weighted by molar-refractivity contribution is 5.82. The van der Waals surface area contributed by atoms with Crippen LogP contribution in [0, 0.1) is 0 Å². The van der Waals surface area contributed by atoms with E-state index in [2.05, 4.69) is 60.8 Å². The number of nitrogens with one attached hydrogen (secondary N) is 2. The third-order valence-corrected chi connectivity index (χ3v) is 15.5. The fraction of sp³-hybridized carbons (Fsp3) is 0.544. The fourth-order valence-electron chi connectivity index (χ4n) is 10.9. The van der Waals surface area contributed by atoms with Gasteiger partial charge in [0.15, 0.2) is 25.0 Å². The van der Waals surface area contributed by atoms with Crippen molar-refractivity contribution in [3.8, 4) is 5.75 Å². The smallest absolute Gasteiger partial charge is 0.407 e. The zero-order valence-corrected chi connectivity index (χ0v) is 49.6. The molecule has 0 aromatic heterocycles. The van der Waals surface area contributed by atoms with E-state index in [1.54, 1.807) is 115 Å². The molecule has 0 bridgehead atoms. The lowest BCUT2D eigenvalue weighted by Gasteiger charge is -2.51.